The molecule has 4 aromatic rings. The summed E-state index contributed by atoms with van der Waals surface area (Å²) in [5, 5.41) is 7.40. The number of benzene rings is 4. The Kier molecular flexibility index (Phi) is 7.27. The predicted molar refractivity (Wildman–Crippen MR) is 148 cm³/mol. The fraction of sp³-hybridized carbons (Fsp3) is 0.0968. The highest BCUT2D eigenvalue weighted by molar-refractivity contribution is 7.76. The van der Waals surface area contributed by atoms with Gasteiger partial charge in [-0.1, -0.05) is 140 Å². The lowest BCUT2D eigenvalue weighted by atomic mass is 10.1. The van der Waals surface area contributed by atoms with Gasteiger partial charge < -0.3 is 0 Å². The van der Waals surface area contributed by atoms with Gasteiger partial charge in [-0.25, -0.2) is 0 Å². The number of allylic oxidation sites excluding steroid dienone is 4. The molecule has 162 valence electrons. The van der Waals surface area contributed by atoms with Gasteiger partial charge in [0.2, 0.25) is 0 Å². The minimum atomic E-state index is -0.525. The SMILES string of the molecule is C1=CC(CCP(c2ccccc2)c2ccccc2)C(P(c2ccccc2)c2ccccc2)=C1. The molecule has 0 fully saturated rings. The maximum atomic E-state index is 2.43. The highest BCUT2D eigenvalue weighted by atomic mass is 31.1. The van der Waals surface area contributed by atoms with Crippen molar-refractivity contribution in [1.29, 1.82) is 0 Å². The van der Waals surface area contributed by atoms with Crippen LogP contribution >= 0.6 is 15.8 Å². The molecule has 0 saturated carbocycles. The van der Waals surface area contributed by atoms with Crippen LogP contribution in [0.15, 0.2) is 145 Å². The summed E-state index contributed by atoms with van der Waals surface area (Å²) in [6.45, 7) is 0. The van der Waals surface area contributed by atoms with Crippen LogP contribution in [0.4, 0.5) is 0 Å². The monoisotopic (exact) mass is 462 g/mol. The molecule has 0 spiro atoms. The minimum absolute atomic E-state index is 0.368. The summed E-state index contributed by atoms with van der Waals surface area (Å²) in [6, 6.07) is 44.3. The van der Waals surface area contributed by atoms with Crippen molar-refractivity contribution in [3.63, 3.8) is 0 Å². The van der Waals surface area contributed by atoms with Crippen molar-refractivity contribution in [1.82, 2.24) is 0 Å². The zero-order valence-corrected chi connectivity index (χ0v) is 20.5. The molecule has 1 atom stereocenters. The Labute approximate surface area is 200 Å². The van der Waals surface area contributed by atoms with Crippen molar-refractivity contribution in [3.05, 3.63) is 145 Å². The standard InChI is InChI=1S/C31H28P2/c1-5-15-27(16-6-1)32(28-17-7-2-8-18-28)25-24-26-14-13-23-31(26)33(29-19-9-3-10-20-29)30-21-11-4-12-22-30/h1-23,26H,24-25H2. The van der Waals surface area contributed by atoms with Gasteiger partial charge >= 0.3 is 0 Å². The van der Waals surface area contributed by atoms with Gasteiger partial charge in [0.1, 0.15) is 0 Å². The smallest absolute Gasteiger partial charge is 0.00353 e. The molecule has 0 amide bonds. The largest absolute Gasteiger partial charge is 0.0769 e. The zero-order chi connectivity index (χ0) is 22.3. The lowest BCUT2D eigenvalue weighted by molar-refractivity contribution is 0.778. The van der Waals surface area contributed by atoms with Crippen LogP contribution in [0, 0.1) is 5.92 Å². The molecule has 0 saturated heterocycles. The summed E-state index contributed by atoms with van der Waals surface area (Å²) in [7, 11) is -0.893. The van der Waals surface area contributed by atoms with Gasteiger partial charge in [0.15, 0.2) is 0 Å². The van der Waals surface area contributed by atoms with Gasteiger partial charge in [-0.15, -0.1) is 0 Å². The second-order valence-corrected chi connectivity index (χ2v) is 12.8. The highest BCUT2D eigenvalue weighted by Gasteiger charge is 2.27. The molecular formula is C31H28P2. The van der Waals surface area contributed by atoms with E-state index in [4.69, 9.17) is 0 Å². The molecular weight excluding hydrogens is 434 g/mol. The van der Waals surface area contributed by atoms with E-state index < -0.39 is 7.92 Å². The van der Waals surface area contributed by atoms with Gasteiger partial charge in [-0.2, -0.15) is 0 Å². The Morgan fingerprint density at radius 2 is 0.939 bits per heavy atom. The van der Waals surface area contributed by atoms with Gasteiger partial charge in [0.05, 0.1) is 0 Å². The third kappa shape index (κ3) is 5.25. The zero-order valence-electron chi connectivity index (χ0n) is 18.7. The second-order valence-electron chi connectivity index (χ2n) is 8.20. The Hall–Kier alpha value is -2.78. The van der Waals surface area contributed by atoms with E-state index in [0.717, 1.165) is 0 Å². The van der Waals surface area contributed by atoms with Crippen molar-refractivity contribution in [3.8, 4) is 0 Å². The van der Waals surface area contributed by atoms with E-state index in [1.807, 2.05) is 0 Å². The molecule has 0 aromatic heterocycles. The highest BCUT2D eigenvalue weighted by Crippen LogP contribution is 2.51. The molecule has 0 bridgehead atoms. The van der Waals surface area contributed by atoms with Crippen molar-refractivity contribution < 1.29 is 0 Å². The number of hydrogen-bond acceptors (Lipinski definition) is 0. The first-order valence-electron chi connectivity index (χ1n) is 11.6. The number of hydrogen-bond donors (Lipinski definition) is 0. The Morgan fingerprint density at radius 3 is 1.39 bits per heavy atom. The molecule has 33 heavy (non-hydrogen) atoms. The van der Waals surface area contributed by atoms with E-state index in [2.05, 4.69) is 140 Å². The van der Waals surface area contributed by atoms with Crippen LogP contribution in [0.1, 0.15) is 6.42 Å². The molecule has 1 aliphatic rings. The van der Waals surface area contributed by atoms with Crippen LogP contribution in [0.3, 0.4) is 0 Å². The van der Waals surface area contributed by atoms with E-state index >= 15 is 0 Å². The predicted octanol–water partition coefficient (Wildman–Crippen LogP) is 6.71. The molecule has 0 N–H and O–H groups in total. The van der Waals surface area contributed by atoms with Crippen molar-refractivity contribution >= 4 is 37.1 Å². The third-order valence-electron chi connectivity index (χ3n) is 6.08. The molecule has 0 heterocycles. The first kappa shape index (κ1) is 22.0. The summed E-state index contributed by atoms with van der Waals surface area (Å²) in [5.74, 6) is 0.494. The molecule has 1 unspecified atom stereocenters. The van der Waals surface area contributed by atoms with Crippen LogP contribution in [-0.4, -0.2) is 6.16 Å². The fourth-order valence-corrected chi connectivity index (χ4v) is 9.52. The Balaban J connectivity index is 1.42. The van der Waals surface area contributed by atoms with Crippen LogP contribution in [0.5, 0.6) is 0 Å². The van der Waals surface area contributed by atoms with E-state index in [9.17, 15) is 0 Å². The average molecular weight is 463 g/mol. The molecule has 2 heteroatoms. The molecule has 0 aliphatic heterocycles. The van der Waals surface area contributed by atoms with Crippen LogP contribution < -0.4 is 21.2 Å². The van der Waals surface area contributed by atoms with E-state index in [0.29, 0.717) is 5.92 Å². The van der Waals surface area contributed by atoms with Gasteiger partial charge in [0, 0.05) is 5.92 Å². The topological polar surface area (TPSA) is 0 Å². The Bertz CT molecular complexity index is 1120. The van der Waals surface area contributed by atoms with Crippen molar-refractivity contribution in [2.24, 2.45) is 5.92 Å². The minimum Gasteiger partial charge on any atom is -0.0769 e. The van der Waals surface area contributed by atoms with E-state index in [1.165, 1.54) is 33.8 Å². The third-order valence-corrected chi connectivity index (χ3v) is 11.3. The summed E-state index contributed by atoms with van der Waals surface area (Å²) in [6.07, 6.45) is 9.48. The molecule has 0 radical (unpaired) electrons. The van der Waals surface area contributed by atoms with Crippen LogP contribution in [0.25, 0.3) is 0 Å². The van der Waals surface area contributed by atoms with Crippen LogP contribution in [-0.2, 0) is 0 Å². The molecule has 5 rings (SSSR count). The lowest BCUT2D eigenvalue weighted by Crippen LogP contribution is -2.18. The van der Waals surface area contributed by atoms with Gasteiger partial charge in [-0.3, -0.25) is 0 Å². The summed E-state index contributed by atoms with van der Waals surface area (Å²) >= 11 is 0. The number of rotatable bonds is 8. The maximum absolute atomic E-state index is 2.43. The summed E-state index contributed by atoms with van der Waals surface area (Å²) in [5.41, 5.74) is 0. The fourth-order valence-electron chi connectivity index (χ4n) is 4.49. The molecule has 4 aromatic carbocycles. The molecule has 1 aliphatic carbocycles. The van der Waals surface area contributed by atoms with Crippen LogP contribution in [0.2, 0.25) is 0 Å². The van der Waals surface area contributed by atoms with Gasteiger partial charge in [-0.05, 0) is 55.0 Å². The van der Waals surface area contributed by atoms with E-state index in [-0.39, 0.29) is 7.92 Å². The maximum Gasteiger partial charge on any atom is 0.00353 e. The summed E-state index contributed by atoms with van der Waals surface area (Å²) < 4.78 is 0. The Morgan fingerprint density at radius 1 is 0.515 bits per heavy atom. The lowest BCUT2D eigenvalue weighted by Gasteiger charge is -2.27. The first-order chi connectivity index (χ1) is 16.4. The second kappa shape index (κ2) is 10.9. The van der Waals surface area contributed by atoms with Crippen molar-refractivity contribution in [2.75, 3.05) is 6.16 Å². The first-order valence-corrected chi connectivity index (χ1v) is 14.4. The van der Waals surface area contributed by atoms with Crippen molar-refractivity contribution in [2.45, 2.75) is 6.42 Å². The normalized spacial score (nSPS) is 15.2. The summed E-state index contributed by atoms with van der Waals surface area (Å²) in [4.78, 5) is 0. The average Bonchev–Trinajstić information content (AvgIpc) is 3.35. The van der Waals surface area contributed by atoms with Gasteiger partial charge in [0.25, 0.3) is 0 Å². The quantitative estimate of drug-likeness (QED) is 0.255. The van der Waals surface area contributed by atoms with E-state index in [1.54, 1.807) is 5.31 Å². The molecule has 0 nitrogen and oxygen atoms in total.